The van der Waals surface area contributed by atoms with Crippen molar-refractivity contribution in [3.8, 4) is 5.75 Å². The Morgan fingerprint density at radius 3 is 2.62 bits per heavy atom. The van der Waals surface area contributed by atoms with Gasteiger partial charge in [0.15, 0.2) is 0 Å². The number of ether oxygens (including phenoxy) is 1. The van der Waals surface area contributed by atoms with Crippen LogP contribution >= 0.6 is 0 Å². The molecule has 72 valence electrons. The summed E-state index contributed by atoms with van der Waals surface area (Å²) in [5.41, 5.74) is 0. The van der Waals surface area contributed by atoms with Crippen molar-refractivity contribution in [1.82, 2.24) is 5.32 Å². The molecular formula is C11H17NO. The van der Waals surface area contributed by atoms with Crippen LogP contribution in [-0.2, 0) is 0 Å². The summed E-state index contributed by atoms with van der Waals surface area (Å²) in [7, 11) is 1.95. The minimum atomic E-state index is 0.273. The first-order valence-corrected chi connectivity index (χ1v) is 4.69. The van der Waals surface area contributed by atoms with Crippen molar-refractivity contribution in [2.24, 2.45) is 0 Å². The number of hydrogen-bond acceptors (Lipinski definition) is 2. The van der Waals surface area contributed by atoms with E-state index in [9.17, 15) is 0 Å². The lowest BCUT2D eigenvalue weighted by atomic mass is 10.3. The predicted molar refractivity (Wildman–Crippen MR) is 55.1 cm³/mol. The van der Waals surface area contributed by atoms with Gasteiger partial charge < -0.3 is 10.1 Å². The van der Waals surface area contributed by atoms with Crippen LogP contribution in [0.3, 0.4) is 0 Å². The molecule has 1 aromatic carbocycles. The Morgan fingerprint density at radius 2 is 2.00 bits per heavy atom. The normalized spacial score (nSPS) is 12.5. The second-order valence-corrected chi connectivity index (χ2v) is 3.13. The Bertz CT molecular complexity index is 223. The number of benzene rings is 1. The molecule has 0 saturated carbocycles. The Kier molecular flexibility index (Phi) is 4.33. The summed E-state index contributed by atoms with van der Waals surface area (Å²) >= 11 is 0. The lowest BCUT2D eigenvalue weighted by Gasteiger charge is -2.13. The fourth-order valence-electron chi connectivity index (χ4n) is 1.14. The molecule has 0 aliphatic rings. The van der Waals surface area contributed by atoms with Gasteiger partial charge in [-0.2, -0.15) is 0 Å². The topological polar surface area (TPSA) is 21.3 Å². The predicted octanol–water partition coefficient (Wildman–Crippen LogP) is 2.06. The van der Waals surface area contributed by atoms with Crippen LogP contribution in [0, 0.1) is 0 Å². The molecule has 1 aromatic rings. The maximum absolute atomic E-state index is 5.68. The van der Waals surface area contributed by atoms with Crippen molar-refractivity contribution in [3.05, 3.63) is 30.3 Å². The van der Waals surface area contributed by atoms with Gasteiger partial charge in [0.25, 0.3) is 0 Å². The monoisotopic (exact) mass is 179 g/mol. The number of rotatable bonds is 5. The zero-order chi connectivity index (χ0) is 9.52. The third kappa shape index (κ3) is 3.95. The van der Waals surface area contributed by atoms with Crippen LogP contribution in [0.15, 0.2) is 30.3 Å². The minimum absolute atomic E-state index is 0.273. The summed E-state index contributed by atoms with van der Waals surface area (Å²) in [6.45, 7) is 3.08. The maximum Gasteiger partial charge on any atom is 0.119 e. The molecule has 0 aliphatic heterocycles. The summed E-state index contributed by atoms with van der Waals surface area (Å²) in [5.74, 6) is 0.950. The quantitative estimate of drug-likeness (QED) is 0.747. The van der Waals surface area contributed by atoms with Crippen molar-refractivity contribution >= 4 is 0 Å². The van der Waals surface area contributed by atoms with Crippen LogP contribution in [0.1, 0.15) is 13.3 Å². The van der Waals surface area contributed by atoms with Gasteiger partial charge in [0, 0.05) is 0 Å². The van der Waals surface area contributed by atoms with Gasteiger partial charge in [0.2, 0.25) is 0 Å². The number of para-hydroxylation sites is 1. The van der Waals surface area contributed by atoms with Crippen LogP contribution in [-0.4, -0.2) is 19.7 Å². The van der Waals surface area contributed by atoms with Crippen molar-refractivity contribution in [2.75, 3.05) is 13.6 Å². The fraction of sp³-hybridized carbons (Fsp3) is 0.455. The molecule has 1 atom stereocenters. The zero-order valence-electron chi connectivity index (χ0n) is 8.29. The highest BCUT2D eigenvalue weighted by atomic mass is 16.5. The molecule has 13 heavy (non-hydrogen) atoms. The van der Waals surface area contributed by atoms with E-state index in [2.05, 4.69) is 12.2 Å². The second-order valence-electron chi connectivity index (χ2n) is 3.13. The van der Waals surface area contributed by atoms with Gasteiger partial charge in [-0.1, -0.05) is 18.2 Å². The standard InChI is InChI=1S/C11H17NO/c1-10(8-9-12-2)13-11-6-4-3-5-7-11/h3-7,10,12H,8-9H2,1-2H3. The van der Waals surface area contributed by atoms with Gasteiger partial charge in [0.1, 0.15) is 5.75 Å². The molecule has 1 unspecified atom stereocenters. The molecule has 0 heterocycles. The van der Waals surface area contributed by atoms with Crippen LogP contribution in [0.4, 0.5) is 0 Å². The molecule has 0 aliphatic carbocycles. The molecule has 0 amide bonds. The first kappa shape index (κ1) is 10.1. The zero-order valence-corrected chi connectivity index (χ0v) is 8.29. The summed E-state index contributed by atoms with van der Waals surface area (Å²) < 4.78 is 5.68. The van der Waals surface area contributed by atoms with E-state index in [-0.39, 0.29) is 6.10 Å². The van der Waals surface area contributed by atoms with Crippen molar-refractivity contribution in [3.63, 3.8) is 0 Å². The van der Waals surface area contributed by atoms with E-state index < -0.39 is 0 Å². The molecule has 0 radical (unpaired) electrons. The van der Waals surface area contributed by atoms with Gasteiger partial charge in [-0.15, -0.1) is 0 Å². The largest absolute Gasteiger partial charge is 0.491 e. The Balaban J connectivity index is 2.32. The van der Waals surface area contributed by atoms with E-state index in [1.807, 2.05) is 37.4 Å². The van der Waals surface area contributed by atoms with Gasteiger partial charge >= 0.3 is 0 Å². The highest BCUT2D eigenvalue weighted by Gasteiger charge is 2.01. The highest BCUT2D eigenvalue weighted by Crippen LogP contribution is 2.11. The van der Waals surface area contributed by atoms with Gasteiger partial charge in [-0.3, -0.25) is 0 Å². The molecule has 0 fully saturated rings. The van der Waals surface area contributed by atoms with Gasteiger partial charge in [0.05, 0.1) is 6.10 Å². The summed E-state index contributed by atoms with van der Waals surface area (Å²) in [6.07, 6.45) is 1.31. The summed E-state index contributed by atoms with van der Waals surface area (Å²) in [4.78, 5) is 0. The molecule has 1 N–H and O–H groups in total. The third-order valence-corrected chi connectivity index (χ3v) is 1.88. The lowest BCUT2D eigenvalue weighted by Crippen LogP contribution is -2.19. The van der Waals surface area contributed by atoms with Crippen molar-refractivity contribution < 1.29 is 4.74 Å². The molecule has 0 bridgehead atoms. The maximum atomic E-state index is 5.68. The van der Waals surface area contributed by atoms with Crippen LogP contribution in [0.5, 0.6) is 5.75 Å². The molecular weight excluding hydrogens is 162 g/mol. The molecule has 0 aromatic heterocycles. The molecule has 0 saturated heterocycles. The van der Waals surface area contributed by atoms with E-state index in [4.69, 9.17) is 4.74 Å². The van der Waals surface area contributed by atoms with Crippen LogP contribution < -0.4 is 10.1 Å². The van der Waals surface area contributed by atoms with Gasteiger partial charge in [-0.25, -0.2) is 0 Å². The average Bonchev–Trinajstić information content (AvgIpc) is 2.16. The van der Waals surface area contributed by atoms with Crippen LogP contribution in [0.25, 0.3) is 0 Å². The van der Waals surface area contributed by atoms with Gasteiger partial charge in [-0.05, 0) is 39.1 Å². The molecule has 1 rings (SSSR count). The Hall–Kier alpha value is -1.02. The van der Waals surface area contributed by atoms with E-state index in [1.54, 1.807) is 0 Å². The average molecular weight is 179 g/mol. The van der Waals surface area contributed by atoms with E-state index in [1.165, 1.54) is 0 Å². The third-order valence-electron chi connectivity index (χ3n) is 1.88. The summed E-state index contributed by atoms with van der Waals surface area (Å²) in [5, 5.41) is 3.10. The minimum Gasteiger partial charge on any atom is -0.491 e. The Labute approximate surface area is 79.9 Å². The van der Waals surface area contributed by atoms with Crippen molar-refractivity contribution in [1.29, 1.82) is 0 Å². The number of hydrogen-bond donors (Lipinski definition) is 1. The molecule has 2 heteroatoms. The second kappa shape index (κ2) is 5.60. The van der Waals surface area contributed by atoms with E-state index in [0.29, 0.717) is 0 Å². The summed E-state index contributed by atoms with van der Waals surface area (Å²) in [6, 6.07) is 9.93. The SMILES string of the molecule is CNCCC(C)Oc1ccccc1. The van der Waals surface area contributed by atoms with E-state index in [0.717, 1.165) is 18.7 Å². The smallest absolute Gasteiger partial charge is 0.119 e. The van der Waals surface area contributed by atoms with E-state index >= 15 is 0 Å². The molecule has 0 spiro atoms. The first-order chi connectivity index (χ1) is 6.33. The lowest BCUT2D eigenvalue weighted by molar-refractivity contribution is 0.211. The Morgan fingerprint density at radius 1 is 1.31 bits per heavy atom. The van der Waals surface area contributed by atoms with Crippen LogP contribution in [0.2, 0.25) is 0 Å². The number of nitrogens with one attached hydrogen (secondary N) is 1. The fourth-order valence-corrected chi connectivity index (χ4v) is 1.14. The first-order valence-electron chi connectivity index (χ1n) is 4.69. The van der Waals surface area contributed by atoms with Crippen molar-refractivity contribution in [2.45, 2.75) is 19.4 Å². The molecule has 2 nitrogen and oxygen atoms in total. The highest BCUT2D eigenvalue weighted by molar-refractivity contribution is 5.21.